The molecule has 24 heavy (non-hydrogen) atoms. The van der Waals surface area contributed by atoms with Crippen LogP contribution in [0.25, 0.3) is 5.65 Å². The van der Waals surface area contributed by atoms with Gasteiger partial charge < -0.3 is 15.2 Å². The van der Waals surface area contributed by atoms with Crippen molar-refractivity contribution in [1.82, 2.24) is 19.8 Å². The minimum atomic E-state index is -0.666. The van der Waals surface area contributed by atoms with Crippen LogP contribution < -0.4 is 10.1 Å². The highest BCUT2D eigenvalue weighted by molar-refractivity contribution is 5.44. The van der Waals surface area contributed by atoms with E-state index in [1.807, 2.05) is 57.2 Å². The molecule has 0 amide bonds. The number of ether oxygens (including phenoxy) is 1. The minimum Gasteiger partial charge on any atom is -0.491 e. The van der Waals surface area contributed by atoms with Gasteiger partial charge in [0, 0.05) is 6.54 Å². The van der Waals surface area contributed by atoms with Gasteiger partial charge in [-0.2, -0.15) is 4.52 Å². The van der Waals surface area contributed by atoms with E-state index in [0.717, 1.165) is 11.3 Å². The fourth-order valence-corrected chi connectivity index (χ4v) is 2.38. The van der Waals surface area contributed by atoms with Gasteiger partial charge in [-0.15, -0.1) is 15.3 Å². The predicted octanol–water partition coefficient (Wildman–Crippen LogP) is 2.37. The van der Waals surface area contributed by atoms with Crippen LogP contribution in [0.5, 0.6) is 5.75 Å². The maximum Gasteiger partial charge on any atom is 0.178 e. The van der Waals surface area contributed by atoms with Crippen molar-refractivity contribution in [3.8, 4) is 5.75 Å². The molecule has 2 heterocycles. The second-order valence-electron chi connectivity index (χ2n) is 5.87. The molecule has 0 aliphatic carbocycles. The van der Waals surface area contributed by atoms with Crippen molar-refractivity contribution in [3.63, 3.8) is 0 Å². The lowest BCUT2D eigenvalue weighted by molar-refractivity contribution is 0.189. The lowest BCUT2D eigenvalue weighted by Gasteiger charge is -2.15. The van der Waals surface area contributed by atoms with Gasteiger partial charge in [-0.1, -0.05) is 12.1 Å². The standard InChI is InChI=1S/C17H21N5O2/c1-11(2)24-14-6-4-5-13(9-14)15(23)10-18-16-7-8-17-20-19-12(3)22(17)21-16/h4-9,11,15,23H,10H2,1-3H3,(H,18,21). The number of aliphatic hydroxyl groups is 1. The van der Waals surface area contributed by atoms with E-state index >= 15 is 0 Å². The van der Waals surface area contributed by atoms with Gasteiger partial charge in [0.25, 0.3) is 0 Å². The molecule has 1 aromatic carbocycles. The second kappa shape index (κ2) is 6.84. The molecule has 0 fully saturated rings. The SMILES string of the molecule is Cc1nnc2ccc(NCC(O)c3cccc(OC(C)C)c3)nn12. The number of fused-ring (bicyclic) bond motifs is 1. The Morgan fingerprint density at radius 3 is 2.83 bits per heavy atom. The third-order valence-corrected chi connectivity index (χ3v) is 3.51. The first-order valence-electron chi connectivity index (χ1n) is 7.90. The summed E-state index contributed by atoms with van der Waals surface area (Å²) in [5.41, 5.74) is 1.49. The maximum absolute atomic E-state index is 10.4. The molecule has 1 unspecified atom stereocenters. The number of nitrogens with one attached hydrogen (secondary N) is 1. The zero-order valence-corrected chi connectivity index (χ0v) is 14.0. The van der Waals surface area contributed by atoms with E-state index in [4.69, 9.17) is 4.74 Å². The normalized spacial score (nSPS) is 12.5. The second-order valence-corrected chi connectivity index (χ2v) is 5.87. The molecule has 2 N–H and O–H groups in total. The van der Waals surface area contributed by atoms with Crippen molar-refractivity contribution < 1.29 is 9.84 Å². The van der Waals surface area contributed by atoms with Gasteiger partial charge in [0.1, 0.15) is 11.6 Å². The summed E-state index contributed by atoms with van der Waals surface area (Å²) in [5.74, 6) is 2.12. The molecular weight excluding hydrogens is 306 g/mol. The lowest BCUT2D eigenvalue weighted by atomic mass is 10.1. The van der Waals surface area contributed by atoms with Crippen molar-refractivity contribution in [2.45, 2.75) is 33.0 Å². The van der Waals surface area contributed by atoms with Crippen LogP contribution in [0.1, 0.15) is 31.3 Å². The van der Waals surface area contributed by atoms with Gasteiger partial charge in [-0.3, -0.25) is 0 Å². The first-order chi connectivity index (χ1) is 11.5. The molecule has 2 aromatic heterocycles. The van der Waals surface area contributed by atoms with Crippen LogP contribution >= 0.6 is 0 Å². The number of benzene rings is 1. The smallest absolute Gasteiger partial charge is 0.178 e. The fraction of sp³-hybridized carbons (Fsp3) is 0.353. The number of aliphatic hydroxyl groups excluding tert-OH is 1. The first-order valence-corrected chi connectivity index (χ1v) is 7.90. The van der Waals surface area contributed by atoms with Crippen molar-refractivity contribution in [1.29, 1.82) is 0 Å². The van der Waals surface area contributed by atoms with E-state index < -0.39 is 6.10 Å². The molecule has 7 nitrogen and oxygen atoms in total. The van der Waals surface area contributed by atoms with Crippen LogP contribution in [0.2, 0.25) is 0 Å². The Balaban J connectivity index is 1.67. The highest BCUT2D eigenvalue weighted by Crippen LogP contribution is 2.20. The van der Waals surface area contributed by atoms with Crippen LogP contribution in [0, 0.1) is 6.92 Å². The Labute approximate surface area is 140 Å². The topological polar surface area (TPSA) is 84.6 Å². The van der Waals surface area contributed by atoms with Crippen molar-refractivity contribution in [3.05, 3.63) is 47.8 Å². The Kier molecular flexibility index (Phi) is 4.61. The van der Waals surface area contributed by atoms with E-state index in [2.05, 4.69) is 20.6 Å². The number of hydrogen-bond donors (Lipinski definition) is 2. The van der Waals surface area contributed by atoms with Gasteiger partial charge in [0.2, 0.25) is 0 Å². The molecule has 0 bridgehead atoms. The molecule has 0 spiro atoms. The molecule has 0 saturated carbocycles. The van der Waals surface area contributed by atoms with E-state index in [0.29, 0.717) is 23.8 Å². The number of anilines is 1. The van der Waals surface area contributed by atoms with Gasteiger partial charge in [0.15, 0.2) is 11.5 Å². The van der Waals surface area contributed by atoms with Crippen LogP contribution in [-0.2, 0) is 0 Å². The third kappa shape index (κ3) is 3.62. The van der Waals surface area contributed by atoms with Crippen LogP contribution in [0.3, 0.4) is 0 Å². The van der Waals surface area contributed by atoms with Crippen molar-refractivity contribution >= 4 is 11.5 Å². The highest BCUT2D eigenvalue weighted by atomic mass is 16.5. The Bertz CT molecular complexity index is 831. The Hall–Kier alpha value is -2.67. The van der Waals surface area contributed by atoms with Crippen LogP contribution in [0.15, 0.2) is 36.4 Å². The number of aryl methyl sites for hydroxylation is 1. The molecule has 0 saturated heterocycles. The molecule has 3 rings (SSSR count). The summed E-state index contributed by atoms with van der Waals surface area (Å²) in [7, 11) is 0. The van der Waals surface area contributed by atoms with Gasteiger partial charge in [-0.05, 0) is 50.6 Å². The average Bonchev–Trinajstić information content (AvgIpc) is 2.93. The monoisotopic (exact) mass is 327 g/mol. The average molecular weight is 327 g/mol. The largest absolute Gasteiger partial charge is 0.491 e. The summed E-state index contributed by atoms with van der Waals surface area (Å²) >= 11 is 0. The maximum atomic E-state index is 10.4. The molecular formula is C17H21N5O2. The molecule has 7 heteroatoms. The zero-order valence-electron chi connectivity index (χ0n) is 14.0. The lowest BCUT2D eigenvalue weighted by Crippen LogP contribution is -2.14. The van der Waals surface area contributed by atoms with Crippen LogP contribution in [0.4, 0.5) is 5.82 Å². The van der Waals surface area contributed by atoms with Crippen molar-refractivity contribution in [2.24, 2.45) is 0 Å². The molecule has 1 atom stereocenters. The Morgan fingerprint density at radius 2 is 2.04 bits per heavy atom. The van der Waals surface area contributed by atoms with E-state index in [1.165, 1.54) is 0 Å². The quantitative estimate of drug-likeness (QED) is 0.723. The van der Waals surface area contributed by atoms with E-state index in [1.54, 1.807) is 4.52 Å². The fourth-order valence-electron chi connectivity index (χ4n) is 2.38. The first kappa shape index (κ1) is 16.2. The molecule has 0 aliphatic rings. The van der Waals surface area contributed by atoms with Gasteiger partial charge >= 0.3 is 0 Å². The number of rotatable bonds is 6. The number of aromatic nitrogens is 4. The summed E-state index contributed by atoms with van der Waals surface area (Å²) in [6.07, 6.45) is -0.571. The predicted molar refractivity (Wildman–Crippen MR) is 91.2 cm³/mol. The Morgan fingerprint density at radius 1 is 1.21 bits per heavy atom. The summed E-state index contributed by atoms with van der Waals surface area (Å²) in [6, 6.07) is 11.1. The molecule has 0 aliphatic heterocycles. The van der Waals surface area contributed by atoms with Crippen LogP contribution in [-0.4, -0.2) is 37.6 Å². The van der Waals surface area contributed by atoms with Crippen molar-refractivity contribution in [2.75, 3.05) is 11.9 Å². The summed E-state index contributed by atoms with van der Waals surface area (Å²) in [5, 5.41) is 25.9. The molecule has 126 valence electrons. The third-order valence-electron chi connectivity index (χ3n) is 3.51. The number of nitrogens with zero attached hydrogens (tertiary/aromatic N) is 4. The highest BCUT2D eigenvalue weighted by Gasteiger charge is 2.10. The van der Waals surface area contributed by atoms with E-state index in [9.17, 15) is 5.11 Å². The van der Waals surface area contributed by atoms with E-state index in [-0.39, 0.29) is 6.10 Å². The van der Waals surface area contributed by atoms with Gasteiger partial charge in [0.05, 0.1) is 12.2 Å². The molecule has 3 aromatic rings. The van der Waals surface area contributed by atoms with Gasteiger partial charge in [-0.25, -0.2) is 0 Å². The summed E-state index contributed by atoms with van der Waals surface area (Å²) < 4.78 is 7.32. The minimum absolute atomic E-state index is 0.0958. The number of hydrogen-bond acceptors (Lipinski definition) is 6. The summed E-state index contributed by atoms with van der Waals surface area (Å²) in [4.78, 5) is 0. The molecule has 0 radical (unpaired) electrons. The zero-order chi connectivity index (χ0) is 17.1. The summed E-state index contributed by atoms with van der Waals surface area (Å²) in [6.45, 7) is 6.12.